The van der Waals surface area contributed by atoms with E-state index < -0.39 is 0 Å². The van der Waals surface area contributed by atoms with Gasteiger partial charge in [0, 0.05) is 17.3 Å². The summed E-state index contributed by atoms with van der Waals surface area (Å²) in [6.07, 6.45) is 2.67. The first-order valence-electron chi connectivity index (χ1n) is 6.80. The minimum atomic E-state index is 0.485. The monoisotopic (exact) mass is 263 g/mol. The van der Waals surface area contributed by atoms with Crippen molar-refractivity contribution in [2.75, 3.05) is 7.11 Å². The molecule has 3 rings (SSSR count). The first kappa shape index (κ1) is 12.4. The van der Waals surface area contributed by atoms with E-state index in [1.54, 1.807) is 7.11 Å². The number of fused-ring (bicyclic) bond motifs is 1. The zero-order chi connectivity index (χ0) is 12.7. The van der Waals surface area contributed by atoms with E-state index in [-0.39, 0.29) is 0 Å². The van der Waals surface area contributed by atoms with Crippen LogP contribution in [0.1, 0.15) is 38.3 Å². The first-order chi connectivity index (χ1) is 8.70. The Morgan fingerprint density at radius 3 is 2.72 bits per heavy atom. The van der Waals surface area contributed by atoms with E-state index in [0.717, 1.165) is 11.8 Å². The van der Waals surface area contributed by atoms with E-state index in [0.29, 0.717) is 17.2 Å². The lowest BCUT2D eigenvalue weighted by atomic mass is 9.91. The molecule has 3 heteroatoms. The fourth-order valence-electron chi connectivity index (χ4n) is 2.66. The highest BCUT2D eigenvalue weighted by molar-refractivity contribution is 8.00. The number of nitrogens with one attached hydrogen (secondary N) is 1. The van der Waals surface area contributed by atoms with E-state index in [9.17, 15) is 0 Å². The van der Waals surface area contributed by atoms with Crippen LogP contribution in [0.3, 0.4) is 0 Å². The van der Waals surface area contributed by atoms with Crippen molar-refractivity contribution >= 4 is 11.8 Å². The maximum atomic E-state index is 5.52. The zero-order valence-corrected chi connectivity index (χ0v) is 12.1. The van der Waals surface area contributed by atoms with Crippen LogP contribution in [0, 0.1) is 5.92 Å². The van der Waals surface area contributed by atoms with Crippen LogP contribution in [-0.2, 0) is 0 Å². The van der Waals surface area contributed by atoms with Gasteiger partial charge in [0.2, 0.25) is 0 Å². The fraction of sp³-hybridized carbons (Fsp3) is 0.600. The maximum absolute atomic E-state index is 5.52. The number of rotatable bonds is 3. The molecular formula is C15H21NOS. The molecule has 1 aromatic rings. The zero-order valence-electron chi connectivity index (χ0n) is 11.3. The Hall–Kier alpha value is -0.670. The quantitative estimate of drug-likeness (QED) is 0.900. The standard InChI is InChI=1S/C15H21NOS/c1-9-10(2)18-15-12(5-4-6-13(15)17-3)14(9)16-11-7-8-11/h4-6,9-11,14,16H,7-8H2,1-3H3. The molecule has 3 atom stereocenters. The second kappa shape index (κ2) is 4.78. The molecule has 2 aliphatic rings. The highest BCUT2D eigenvalue weighted by Gasteiger charge is 2.36. The second-order valence-corrected chi connectivity index (χ2v) is 6.87. The topological polar surface area (TPSA) is 21.3 Å². The molecule has 1 aliphatic heterocycles. The van der Waals surface area contributed by atoms with Crippen LogP contribution in [0.4, 0.5) is 0 Å². The van der Waals surface area contributed by atoms with Gasteiger partial charge in [-0.1, -0.05) is 26.0 Å². The Morgan fingerprint density at radius 1 is 1.28 bits per heavy atom. The van der Waals surface area contributed by atoms with Gasteiger partial charge in [0.15, 0.2) is 0 Å². The van der Waals surface area contributed by atoms with E-state index >= 15 is 0 Å². The minimum Gasteiger partial charge on any atom is -0.496 e. The number of hydrogen-bond donors (Lipinski definition) is 1. The fourth-order valence-corrected chi connectivity index (χ4v) is 4.00. The molecule has 0 spiro atoms. The van der Waals surface area contributed by atoms with Crippen molar-refractivity contribution in [2.24, 2.45) is 5.92 Å². The van der Waals surface area contributed by atoms with Gasteiger partial charge in [-0.15, -0.1) is 11.8 Å². The van der Waals surface area contributed by atoms with Gasteiger partial charge in [-0.2, -0.15) is 0 Å². The van der Waals surface area contributed by atoms with Crippen LogP contribution in [0.2, 0.25) is 0 Å². The summed E-state index contributed by atoms with van der Waals surface area (Å²) < 4.78 is 5.52. The van der Waals surface area contributed by atoms with Crippen molar-refractivity contribution in [2.45, 2.75) is 48.9 Å². The predicted octanol–water partition coefficient (Wildman–Crippen LogP) is 3.62. The van der Waals surface area contributed by atoms with Crippen LogP contribution in [0.25, 0.3) is 0 Å². The summed E-state index contributed by atoms with van der Waals surface area (Å²) in [6.45, 7) is 4.69. The van der Waals surface area contributed by atoms with Gasteiger partial charge in [-0.3, -0.25) is 0 Å². The highest BCUT2D eigenvalue weighted by Crippen LogP contribution is 2.48. The number of thioether (sulfide) groups is 1. The second-order valence-electron chi connectivity index (χ2n) is 5.48. The van der Waals surface area contributed by atoms with Crippen molar-refractivity contribution in [3.63, 3.8) is 0 Å². The summed E-state index contributed by atoms with van der Waals surface area (Å²) in [4.78, 5) is 1.34. The van der Waals surface area contributed by atoms with Gasteiger partial charge >= 0.3 is 0 Å². The smallest absolute Gasteiger partial charge is 0.132 e. The summed E-state index contributed by atoms with van der Waals surface area (Å²) in [7, 11) is 1.77. The number of benzene rings is 1. The molecule has 0 saturated heterocycles. The summed E-state index contributed by atoms with van der Waals surface area (Å²) in [5.74, 6) is 1.69. The molecule has 0 amide bonds. The molecule has 1 aliphatic carbocycles. The Balaban J connectivity index is 1.99. The van der Waals surface area contributed by atoms with E-state index in [4.69, 9.17) is 4.74 Å². The molecular weight excluding hydrogens is 242 g/mol. The molecule has 2 nitrogen and oxygen atoms in total. The Labute approximate surface area is 113 Å². The van der Waals surface area contributed by atoms with Gasteiger partial charge in [-0.25, -0.2) is 0 Å². The minimum absolute atomic E-state index is 0.485. The number of hydrogen-bond acceptors (Lipinski definition) is 3. The first-order valence-corrected chi connectivity index (χ1v) is 7.68. The van der Waals surface area contributed by atoms with Gasteiger partial charge in [0.1, 0.15) is 5.75 Å². The van der Waals surface area contributed by atoms with Crippen molar-refractivity contribution < 1.29 is 4.74 Å². The summed E-state index contributed by atoms with van der Waals surface area (Å²) in [5, 5.41) is 4.44. The molecule has 1 aromatic carbocycles. The molecule has 0 bridgehead atoms. The van der Waals surface area contributed by atoms with Crippen LogP contribution >= 0.6 is 11.8 Å². The molecule has 0 radical (unpaired) electrons. The number of methoxy groups -OCH3 is 1. The average Bonchev–Trinajstić information content (AvgIpc) is 3.18. The Morgan fingerprint density at radius 2 is 2.06 bits per heavy atom. The molecule has 18 heavy (non-hydrogen) atoms. The molecule has 0 aromatic heterocycles. The van der Waals surface area contributed by atoms with Crippen LogP contribution in [0.15, 0.2) is 23.1 Å². The third-order valence-corrected chi connectivity index (χ3v) is 5.60. The molecule has 1 N–H and O–H groups in total. The molecule has 1 fully saturated rings. The third kappa shape index (κ3) is 2.14. The molecule has 98 valence electrons. The maximum Gasteiger partial charge on any atom is 0.132 e. The van der Waals surface area contributed by atoms with Gasteiger partial charge < -0.3 is 10.1 Å². The van der Waals surface area contributed by atoms with Crippen LogP contribution in [-0.4, -0.2) is 18.4 Å². The van der Waals surface area contributed by atoms with E-state index in [1.165, 1.54) is 23.3 Å². The molecule has 3 unspecified atom stereocenters. The Kier molecular flexibility index (Phi) is 3.29. The van der Waals surface area contributed by atoms with Crippen molar-refractivity contribution in [3.8, 4) is 5.75 Å². The lowest BCUT2D eigenvalue weighted by molar-refractivity contribution is 0.358. The predicted molar refractivity (Wildman–Crippen MR) is 76.4 cm³/mol. The highest BCUT2D eigenvalue weighted by atomic mass is 32.2. The van der Waals surface area contributed by atoms with E-state index in [1.807, 2.05) is 11.8 Å². The summed E-state index contributed by atoms with van der Waals surface area (Å²) in [6, 6.07) is 7.67. The van der Waals surface area contributed by atoms with Crippen LogP contribution < -0.4 is 10.1 Å². The van der Waals surface area contributed by atoms with Gasteiger partial charge in [-0.05, 0) is 30.4 Å². The third-order valence-electron chi connectivity index (χ3n) is 4.13. The lowest BCUT2D eigenvalue weighted by Gasteiger charge is -2.36. The van der Waals surface area contributed by atoms with Crippen molar-refractivity contribution in [1.82, 2.24) is 5.32 Å². The van der Waals surface area contributed by atoms with Gasteiger partial charge in [0.25, 0.3) is 0 Å². The lowest BCUT2D eigenvalue weighted by Crippen LogP contribution is -2.35. The van der Waals surface area contributed by atoms with Crippen molar-refractivity contribution in [3.05, 3.63) is 23.8 Å². The average molecular weight is 263 g/mol. The van der Waals surface area contributed by atoms with E-state index in [2.05, 4.69) is 37.4 Å². The van der Waals surface area contributed by atoms with Crippen molar-refractivity contribution in [1.29, 1.82) is 0 Å². The normalized spacial score (nSPS) is 30.9. The summed E-state index contributed by atoms with van der Waals surface area (Å²) in [5.41, 5.74) is 1.43. The summed E-state index contributed by atoms with van der Waals surface area (Å²) >= 11 is 1.96. The molecule has 1 saturated carbocycles. The SMILES string of the molecule is COc1cccc2c1SC(C)C(C)C2NC1CC1. The Bertz CT molecular complexity index is 444. The van der Waals surface area contributed by atoms with Gasteiger partial charge in [0.05, 0.1) is 12.0 Å². The number of ether oxygens (including phenoxy) is 1. The van der Waals surface area contributed by atoms with Crippen LogP contribution in [0.5, 0.6) is 5.75 Å². The molecule has 1 heterocycles. The largest absolute Gasteiger partial charge is 0.496 e.